The van der Waals surface area contributed by atoms with Crippen LogP contribution in [0.15, 0.2) is 12.3 Å². The predicted molar refractivity (Wildman–Crippen MR) is 60.0 cm³/mol. The van der Waals surface area contributed by atoms with Gasteiger partial charge in [-0.05, 0) is 18.2 Å². The number of ether oxygens (including phenoxy) is 2. The molecule has 0 amide bonds. The van der Waals surface area contributed by atoms with E-state index >= 15 is 0 Å². The Morgan fingerprint density at radius 2 is 2.13 bits per heavy atom. The third-order valence-corrected chi connectivity index (χ3v) is 5.58. The summed E-state index contributed by atoms with van der Waals surface area (Å²) in [5.74, 6) is 0. The Balaban J connectivity index is 2.06. The Morgan fingerprint density at radius 1 is 1.47 bits per heavy atom. The molecule has 1 aliphatic rings. The van der Waals surface area contributed by atoms with E-state index in [1.807, 2.05) is 5.70 Å². The minimum Gasteiger partial charge on any atom is -0.395 e. The van der Waals surface area contributed by atoms with Crippen LogP contribution in [0.3, 0.4) is 0 Å². The van der Waals surface area contributed by atoms with Gasteiger partial charge in [0.15, 0.2) is 0 Å². The molecule has 1 atom stereocenters. The maximum Gasteiger partial charge on any atom is 0.364 e. The maximum absolute atomic E-state index is 5.44. The summed E-state index contributed by atoms with van der Waals surface area (Å²) >= 11 is 0. The molecular weight excluding hydrogens is 212 g/mol. The van der Waals surface area contributed by atoms with Crippen LogP contribution in [0, 0.1) is 0 Å². The molecule has 0 N–H and O–H groups in total. The molecule has 1 saturated heterocycles. The highest BCUT2D eigenvalue weighted by Crippen LogP contribution is 2.15. The summed E-state index contributed by atoms with van der Waals surface area (Å²) in [5, 5.41) is 0. The van der Waals surface area contributed by atoms with Crippen molar-refractivity contribution in [1.82, 2.24) is 0 Å². The quantitative estimate of drug-likeness (QED) is 0.341. The number of rotatable bonds is 9. The largest absolute Gasteiger partial charge is 0.395 e. The van der Waals surface area contributed by atoms with Crippen LogP contribution in [0.4, 0.5) is 0 Å². The molecule has 0 aromatic heterocycles. The van der Waals surface area contributed by atoms with Gasteiger partial charge >= 0.3 is 8.56 Å². The van der Waals surface area contributed by atoms with Crippen molar-refractivity contribution in [3.63, 3.8) is 0 Å². The number of hydrogen-bond acceptors (Lipinski definition) is 4. The van der Waals surface area contributed by atoms with Crippen molar-refractivity contribution in [2.75, 3.05) is 34.0 Å². The monoisotopic (exact) mass is 232 g/mol. The Kier molecular flexibility index (Phi) is 5.48. The van der Waals surface area contributed by atoms with E-state index in [0.29, 0.717) is 12.7 Å². The minimum atomic E-state index is -2.13. The van der Waals surface area contributed by atoms with Gasteiger partial charge in [-0.15, -0.1) is 6.58 Å². The minimum absolute atomic E-state index is 0.344. The summed E-state index contributed by atoms with van der Waals surface area (Å²) in [6.45, 7) is 6.05. The highest BCUT2D eigenvalue weighted by molar-refractivity contribution is 6.72. The fourth-order valence-electron chi connectivity index (χ4n) is 1.36. The number of hydrogen-bond donors (Lipinski definition) is 0. The lowest BCUT2D eigenvalue weighted by atomic mass is 10.5. The van der Waals surface area contributed by atoms with Gasteiger partial charge in [0, 0.05) is 20.8 Å². The smallest absolute Gasteiger partial charge is 0.364 e. The lowest BCUT2D eigenvalue weighted by Crippen LogP contribution is -2.38. The van der Waals surface area contributed by atoms with E-state index in [1.165, 1.54) is 0 Å². The lowest BCUT2D eigenvalue weighted by Gasteiger charge is -2.23. The molecule has 0 bridgehead atoms. The average molecular weight is 232 g/mol. The van der Waals surface area contributed by atoms with Gasteiger partial charge in [-0.2, -0.15) is 0 Å². The summed E-state index contributed by atoms with van der Waals surface area (Å²) in [7, 11) is 1.23. The zero-order valence-electron chi connectivity index (χ0n) is 9.53. The zero-order valence-corrected chi connectivity index (χ0v) is 10.5. The third kappa shape index (κ3) is 4.44. The third-order valence-electron chi connectivity index (χ3n) is 2.52. The van der Waals surface area contributed by atoms with E-state index in [0.717, 1.165) is 25.7 Å². The van der Waals surface area contributed by atoms with Crippen LogP contribution >= 0.6 is 0 Å². The first-order valence-corrected chi connectivity index (χ1v) is 7.29. The van der Waals surface area contributed by atoms with E-state index in [2.05, 4.69) is 6.58 Å². The molecule has 1 rings (SSSR count). The molecule has 1 fully saturated rings. The Bertz CT molecular complexity index is 190. The van der Waals surface area contributed by atoms with Crippen LogP contribution < -0.4 is 0 Å². The van der Waals surface area contributed by atoms with E-state index in [4.69, 9.17) is 18.3 Å². The van der Waals surface area contributed by atoms with E-state index in [-0.39, 0.29) is 0 Å². The normalized spacial score (nSPS) is 20.3. The number of epoxide rings is 1. The van der Waals surface area contributed by atoms with Gasteiger partial charge in [0.25, 0.3) is 0 Å². The first kappa shape index (κ1) is 12.9. The molecule has 4 nitrogen and oxygen atoms in total. The molecule has 0 aliphatic carbocycles. The van der Waals surface area contributed by atoms with Crippen LogP contribution in [-0.2, 0) is 18.3 Å². The molecule has 0 spiro atoms. The lowest BCUT2D eigenvalue weighted by molar-refractivity contribution is 0.115. The van der Waals surface area contributed by atoms with E-state index < -0.39 is 8.56 Å². The van der Waals surface area contributed by atoms with Crippen LogP contribution in [0.25, 0.3) is 0 Å². The Hall–Kier alpha value is -0.203. The molecule has 0 radical (unpaired) electrons. The van der Waals surface area contributed by atoms with Gasteiger partial charge < -0.3 is 18.3 Å². The highest BCUT2D eigenvalue weighted by Gasteiger charge is 2.31. The Labute approximate surface area is 92.4 Å². The molecule has 88 valence electrons. The summed E-state index contributed by atoms with van der Waals surface area (Å²) in [5.41, 5.74) is 1.82. The van der Waals surface area contributed by atoms with Crippen LogP contribution in [0.1, 0.15) is 6.42 Å². The van der Waals surface area contributed by atoms with Crippen molar-refractivity contribution in [3.8, 4) is 0 Å². The van der Waals surface area contributed by atoms with Gasteiger partial charge in [0.2, 0.25) is 0 Å². The van der Waals surface area contributed by atoms with Crippen LogP contribution in [-0.4, -0.2) is 48.7 Å². The van der Waals surface area contributed by atoms with Gasteiger partial charge in [0.05, 0.1) is 13.2 Å². The second-order valence-corrected chi connectivity index (χ2v) is 6.91. The molecule has 0 saturated carbocycles. The highest BCUT2D eigenvalue weighted by atomic mass is 28.4. The van der Waals surface area contributed by atoms with Crippen LogP contribution in [0.5, 0.6) is 0 Å². The fraction of sp³-hybridized carbons (Fsp3) is 0.800. The van der Waals surface area contributed by atoms with Crippen molar-refractivity contribution in [3.05, 3.63) is 12.3 Å². The Morgan fingerprint density at radius 3 is 2.60 bits per heavy atom. The molecule has 1 aliphatic heterocycles. The first-order chi connectivity index (χ1) is 7.26. The van der Waals surface area contributed by atoms with Crippen molar-refractivity contribution in [2.45, 2.75) is 18.6 Å². The molecule has 15 heavy (non-hydrogen) atoms. The van der Waals surface area contributed by atoms with Gasteiger partial charge in [-0.25, -0.2) is 0 Å². The topological polar surface area (TPSA) is 40.2 Å². The first-order valence-electron chi connectivity index (χ1n) is 5.19. The summed E-state index contributed by atoms with van der Waals surface area (Å²) in [6, 6.07) is 0.884. The summed E-state index contributed by atoms with van der Waals surface area (Å²) < 4.78 is 21.3. The van der Waals surface area contributed by atoms with E-state index in [9.17, 15) is 0 Å². The van der Waals surface area contributed by atoms with Crippen molar-refractivity contribution in [1.29, 1.82) is 0 Å². The predicted octanol–water partition coefficient (Wildman–Crippen LogP) is 1.25. The second kappa shape index (κ2) is 6.39. The standard InChI is InChI=1S/C10H20O4Si/c1-4-15(11-2,12-3)7-5-6-13-8-10-9-14-10/h4,10H,1,5-9H2,2-3H3. The van der Waals surface area contributed by atoms with Crippen molar-refractivity contribution >= 4 is 8.56 Å². The van der Waals surface area contributed by atoms with Crippen molar-refractivity contribution < 1.29 is 18.3 Å². The summed E-state index contributed by atoms with van der Waals surface area (Å²) in [6.07, 6.45) is 1.28. The maximum atomic E-state index is 5.44. The molecule has 5 heteroatoms. The second-order valence-electron chi connectivity index (χ2n) is 3.56. The summed E-state index contributed by atoms with van der Waals surface area (Å²) in [4.78, 5) is 0. The molecule has 1 unspecified atom stereocenters. The molecule has 1 heterocycles. The van der Waals surface area contributed by atoms with Crippen LogP contribution in [0.2, 0.25) is 6.04 Å². The zero-order chi connectivity index (χ0) is 11.1. The molecule has 0 aromatic carbocycles. The van der Waals surface area contributed by atoms with Gasteiger partial charge in [-0.3, -0.25) is 0 Å². The fourth-order valence-corrected chi connectivity index (χ4v) is 3.11. The van der Waals surface area contributed by atoms with Gasteiger partial charge in [0.1, 0.15) is 6.10 Å². The van der Waals surface area contributed by atoms with Gasteiger partial charge in [-0.1, -0.05) is 0 Å². The molecular formula is C10H20O4Si. The average Bonchev–Trinajstić information content (AvgIpc) is 3.08. The van der Waals surface area contributed by atoms with Crippen molar-refractivity contribution in [2.24, 2.45) is 0 Å². The molecule has 0 aromatic rings. The SMILES string of the molecule is C=C[Si](CCCOCC1CO1)(OC)OC. The van der Waals surface area contributed by atoms with E-state index in [1.54, 1.807) is 14.2 Å².